The second-order valence-corrected chi connectivity index (χ2v) is 5.21. The monoisotopic (exact) mass is 344 g/mol. The first kappa shape index (κ1) is 18.4. The van der Waals surface area contributed by atoms with E-state index in [9.17, 15) is 4.79 Å². The van der Waals surface area contributed by atoms with Crippen molar-refractivity contribution < 1.29 is 19.0 Å². The molecular formula is C19H24N2O4. The molecule has 2 aromatic carbocycles. The molecule has 0 aliphatic rings. The predicted octanol–water partition coefficient (Wildman–Crippen LogP) is 2.97. The van der Waals surface area contributed by atoms with Crippen LogP contribution < -0.4 is 24.8 Å². The van der Waals surface area contributed by atoms with Gasteiger partial charge in [0.2, 0.25) is 0 Å². The van der Waals surface area contributed by atoms with Gasteiger partial charge in [-0.25, -0.2) is 4.79 Å². The van der Waals surface area contributed by atoms with Crippen molar-refractivity contribution in [3.8, 4) is 17.2 Å². The molecule has 0 heterocycles. The summed E-state index contributed by atoms with van der Waals surface area (Å²) in [6, 6.07) is 14.7. The Balaban J connectivity index is 1.64. The summed E-state index contributed by atoms with van der Waals surface area (Å²) in [6.07, 6.45) is 0. The van der Waals surface area contributed by atoms with Crippen LogP contribution in [0, 0.1) is 0 Å². The highest BCUT2D eigenvalue weighted by Crippen LogP contribution is 2.19. The quantitative estimate of drug-likeness (QED) is 0.686. The summed E-state index contributed by atoms with van der Waals surface area (Å²) in [5.41, 5.74) is 1.000. The zero-order valence-corrected chi connectivity index (χ0v) is 14.6. The molecule has 0 spiro atoms. The third kappa shape index (κ3) is 6.63. The van der Waals surface area contributed by atoms with E-state index in [2.05, 4.69) is 10.6 Å². The Morgan fingerprint density at radius 1 is 0.960 bits per heavy atom. The van der Waals surface area contributed by atoms with Gasteiger partial charge in [-0.3, -0.25) is 0 Å². The number of amides is 2. The van der Waals surface area contributed by atoms with Crippen molar-refractivity contribution in [2.45, 2.75) is 13.5 Å². The van der Waals surface area contributed by atoms with Crippen LogP contribution in [-0.2, 0) is 6.54 Å². The van der Waals surface area contributed by atoms with Crippen molar-refractivity contribution in [1.82, 2.24) is 10.6 Å². The average molecular weight is 344 g/mol. The maximum absolute atomic E-state index is 11.8. The second-order valence-electron chi connectivity index (χ2n) is 5.21. The normalized spacial score (nSPS) is 10.0. The summed E-state index contributed by atoms with van der Waals surface area (Å²) >= 11 is 0. The summed E-state index contributed by atoms with van der Waals surface area (Å²) in [6.45, 7) is 3.79. The number of carbonyl (C=O) groups is 1. The number of hydrogen-bond acceptors (Lipinski definition) is 4. The molecule has 0 fully saturated rings. The van der Waals surface area contributed by atoms with Gasteiger partial charge < -0.3 is 24.8 Å². The highest BCUT2D eigenvalue weighted by Gasteiger charge is 2.01. The summed E-state index contributed by atoms with van der Waals surface area (Å²) in [5, 5.41) is 5.55. The number of hydrogen-bond donors (Lipinski definition) is 2. The first-order valence-corrected chi connectivity index (χ1v) is 8.21. The Bertz CT molecular complexity index is 659. The first-order valence-electron chi connectivity index (χ1n) is 8.21. The standard InChI is InChI=1S/C19H24N2O4/c1-3-24-17-5-4-6-18(13-17)25-12-11-20-19(22)21-14-15-7-9-16(23-2)10-8-15/h4-10,13H,3,11-12,14H2,1-2H3,(H2,20,21,22). The minimum absolute atomic E-state index is 0.234. The van der Waals surface area contributed by atoms with Crippen LogP contribution >= 0.6 is 0 Å². The van der Waals surface area contributed by atoms with Gasteiger partial charge in [0.1, 0.15) is 23.9 Å². The minimum Gasteiger partial charge on any atom is -0.497 e. The molecule has 6 nitrogen and oxygen atoms in total. The zero-order chi connectivity index (χ0) is 17.9. The van der Waals surface area contributed by atoms with E-state index >= 15 is 0 Å². The molecule has 2 aromatic rings. The van der Waals surface area contributed by atoms with Crippen LogP contribution in [0.25, 0.3) is 0 Å². The van der Waals surface area contributed by atoms with Crippen LogP contribution in [0.5, 0.6) is 17.2 Å². The summed E-state index contributed by atoms with van der Waals surface area (Å²) < 4.78 is 16.1. The Morgan fingerprint density at radius 3 is 2.36 bits per heavy atom. The molecule has 0 aliphatic heterocycles. The van der Waals surface area contributed by atoms with Gasteiger partial charge in [0.05, 0.1) is 20.3 Å². The van der Waals surface area contributed by atoms with E-state index in [-0.39, 0.29) is 6.03 Å². The van der Waals surface area contributed by atoms with E-state index in [1.165, 1.54) is 0 Å². The van der Waals surface area contributed by atoms with E-state index in [4.69, 9.17) is 14.2 Å². The summed E-state index contributed by atoms with van der Waals surface area (Å²) in [4.78, 5) is 11.8. The molecule has 2 rings (SSSR count). The fraction of sp³-hybridized carbons (Fsp3) is 0.316. The van der Waals surface area contributed by atoms with E-state index in [0.717, 1.165) is 17.1 Å². The number of ether oxygens (including phenoxy) is 3. The molecule has 0 aliphatic carbocycles. The Kier molecular flexibility index (Phi) is 7.43. The largest absolute Gasteiger partial charge is 0.497 e. The second kappa shape index (κ2) is 10.1. The predicted molar refractivity (Wildman–Crippen MR) is 96.3 cm³/mol. The summed E-state index contributed by atoms with van der Waals surface area (Å²) in [7, 11) is 1.62. The van der Waals surface area contributed by atoms with Gasteiger partial charge in [0, 0.05) is 12.6 Å². The van der Waals surface area contributed by atoms with Gasteiger partial charge in [-0.1, -0.05) is 18.2 Å². The number of rotatable bonds is 9. The molecule has 0 bridgehead atoms. The summed E-state index contributed by atoms with van der Waals surface area (Å²) in [5.74, 6) is 2.27. The number of benzene rings is 2. The van der Waals surface area contributed by atoms with Gasteiger partial charge in [-0.15, -0.1) is 0 Å². The molecule has 0 saturated carbocycles. The lowest BCUT2D eigenvalue weighted by atomic mass is 10.2. The van der Waals surface area contributed by atoms with Crippen LogP contribution in [0.4, 0.5) is 4.79 Å². The molecule has 0 radical (unpaired) electrons. The molecule has 2 amide bonds. The number of urea groups is 1. The van der Waals surface area contributed by atoms with Gasteiger partial charge in [-0.05, 0) is 36.8 Å². The Labute approximate surface area is 148 Å². The van der Waals surface area contributed by atoms with Crippen LogP contribution in [0.1, 0.15) is 12.5 Å². The van der Waals surface area contributed by atoms with Crippen LogP contribution in [0.3, 0.4) is 0 Å². The van der Waals surface area contributed by atoms with Crippen LogP contribution in [0.15, 0.2) is 48.5 Å². The molecule has 6 heteroatoms. The van der Waals surface area contributed by atoms with Crippen molar-refractivity contribution in [2.24, 2.45) is 0 Å². The topological polar surface area (TPSA) is 68.8 Å². The minimum atomic E-state index is -0.234. The number of methoxy groups -OCH3 is 1. The highest BCUT2D eigenvalue weighted by molar-refractivity contribution is 5.73. The van der Waals surface area contributed by atoms with Crippen LogP contribution in [0.2, 0.25) is 0 Å². The molecule has 2 N–H and O–H groups in total. The number of carbonyl (C=O) groups excluding carboxylic acids is 1. The van der Waals surface area contributed by atoms with Crippen molar-refractivity contribution in [3.63, 3.8) is 0 Å². The maximum Gasteiger partial charge on any atom is 0.315 e. The van der Waals surface area contributed by atoms with E-state index in [1.807, 2.05) is 55.5 Å². The molecule has 134 valence electrons. The molecule has 0 saturated heterocycles. The molecule has 25 heavy (non-hydrogen) atoms. The van der Waals surface area contributed by atoms with Crippen molar-refractivity contribution in [2.75, 3.05) is 26.9 Å². The van der Waals surface area contributed by atoms with Gasteiger partial charge in [0.15, 0.2) is 0 Å². The zero-order valence-electron chi connectivity index (χ0n) is 14.6. The lowest BCUT2D eigenvalue weighted by Crippen LogP contribution is -2.37. The first-order chi connectivity index (χ1) is 12.2. The van der Waals surface area contributed by atoms with Crippen LogP contribution in [-0.4, -0.2) is 32.9 Å². The van der Waals surface area contributed by atoms with Gasteiger partial charge in [0.25, 0.3) is 0 Å². The smallest absolute Gasteiger partial charge is 0.315 e. The van der Waals surface area contributed by atoms with Crippen molar-refractivity contribution in [3.05, 3.63) is 54.1 Å². The molecule has 0 unspecified atom stereocenters. The van der Waals surface area contributed by atoms with E-state index in [0.29, 0.717) is 32.1 Å². The fourth-order valence-electron chi connectivity index (χ4n) is 2.14. The van der Waals surface area contributed by atoms with E-state index < -0.39 is 0 Å². The fourth-order valence-corrected chi connectivity index (χ4v) is 2.14. The lowest BCUT2D eigenvalue weighted by molar-refractivity contribution is 0.236. The molecule has 0 atom stereocenters. The number of nitrogens with one attached hydrogen (secondary N) is 2. The van der Waals surface area contributed by atoms with Gasteiger partial charge in [-0.2, -0.15) is 0 Å². The Morgan fingerprint density at radius 2 is 1.68 bits per heavy atom. The SMILES string of the molecule is CCOc1cccc(OCCNC(=O)NCc2ccc(OC)cc2)c1. The third-order valence-corrected chi connectivity index (χ3v) is 3.38. The third-order valence-electron chi connectivity index (χ3n) is 3.38. The Hall–Kier alpha value is -2.89. The maximum atomic E-state index is 11.8. The average Bonchev–Trinajstić information content (AvgIpc) is 2.64. The lowest BCUT2D eigenvalue weighted by Gasteiger charge is -2.10. The van der Waals surface area contributed by atoms with Gasteiger partial charge >= 0.3 is 6.03 Å². The van der Waals surface area contributed by atoms with Crippen molar-refractivity contribution in [1.29, 1.82) is 0 Å². The highest BCUT2D eigenvalue weighted by atomic mass is 16.5. The van der Waals surface area contributed by atoms with Crippen molar-refractivity contribution >= 4 is 6.03 Å². The van der Waals surface area contributed by atoms with E-state index in [1.54, 1.807) is 7.11 Å². The molecule has 0 aromatic heterocycles. The molecular weight excluding hydrogens is 320 g/mol.